The maximum absolute atomic E-state index is 4.22. The average molecular weight is 163 g/mol. The Kier molecular flexibility index (Phi) is 1.16. The van der Waals surface area contributed by atoms with Gasteiger partial charge in [0.15, 0.2) is 0 Å². The number of hydrogen-bond acceptors (Lipinski definition) is 1. The van der Waals surface area contributed by atoms with Crippen LogP contribution in [0.1, 0.15) is 19.8 Å². The van der Waals surface area contributed by atoms with E-state index in [0.29, 0.717) is 0 Å². The fraction of sp³-hybridized carbons (Fsp3) is 0.818. The molecule has 3 aliphatic rings. The van der Waals surface area contributed by atoms with Crippen molar-refractivity contribution in [1.82, 2.24) is 4.90 Å². The van der Waals surface area contributed by atoms with Crippen molar-refractivity contribution < 1.29 is 0 Å². The first-order valence-electron chi connectivity index (χ1n) is 5.11. The van der Waals surface area contributed by atoms with E-state index in [1.165, 1.54) is 12.8 Å². The van der Waals surface area contributed by atoms with Crippen molar-refractivity contribution in [2.45, 2.75) is 31.8 Å². The van der Waals surface area contributed by atoms with Gasteiger partial charge in [-0.2, -0.15) is 0 Å². The topological polar surface area (TPSA) is 3.24 Å². The highest BCUT2D eigenvalue weighted by molar-refractivity contribution is 5.31. The van der Waals surface area contributed by atoms with Crippen molar-refractivity contribution in [3.63, 3.8) is 0 Å². The van der Waals surface area contributed by atoms with Crippen LogP contribution in [0, 0.1) is 17.8 Å². The van der Waals surface area contributed by atoms with E-state index in [1.807, 2.05) is 0 Å². The van der Waals surface area contributed by atoms with Gasteiger partial charge in [-0.15, -0.1) is 0 Å². The van der Waals surface area contributed by atoms with Crippen LogP contribution in [0.15, 0.2) is 12.2 Å². The molecule has 1 nitrogen and oxygen atoms in total. The van der Waals surface area contributed by atoms with Crippen LogP contribution in [0.2, 0.25) is 0 Å². The summed E-state index contributed by atoms with van der Waals surface area (Å²) < 4.78 is 0. The second-order valence-corrected chi connectivity index (χ2v) is 4.92. The second-order valence-electron chi connectivity index (χ2n) is 4.92. The summed E-state index contributed by atoms with van der Waals surface area (Å²) in [5.74, 6) is 2.81. The molecule has 0 aromatic rings. The molecular weight excluding hydrogens is 146 g/mol. The zero-order valence-electron chi connectivity index (χ0n) is 7.96. The van der Waals surface area contributed by atoms with Gasteiger partial charge >= 0.3 is 0 Å². The summed E-state index contributed by atoms with van der Waals surface area (Å²) in [5, 5.41) is 0. The molecule has 3 rings (SSSR count). The Labute approximate surface area is 74.4 Å². The van der Waals surface area contributed by atoms with E-state index >= 15 is 0 Å². The summed E-state index contributed by atoms with van der Waals surface area (Å²) in [6, 6.07) is 1.81. The van der Waals surface area contributed by atoms with E-state index in [0.717, 1.165) is 29.8 Å². The minimum Gasteiger partial charge on any atom is -0.299 e. The highest BCUT2D eigenvalue weighted by atomic mass is 15.3. The van der Waals surface area contributed by atoms with E-state index in [9.17, 15) is 0 Å². The van der Waals surface area contributed by atoms with Crippen LogP contribution in [0.3, 0.4) is 0 Å². The van der Waals surface area contributed by atoms with E-state index in [-0.39, 0.29) is 0 Å². The van der Waals surface area contributed by atoms with Gasteiger partial charge in [0.1, 0.15) is 0 Å². The summed E-state index contributed by atoms with van der Waals surface area (Å²) in [5.41, 5.74) is 1.55. The molecule has 3 fully saturated rings. The Morgan fingerprint density at radius 1 is 1.42 bits per heavy atom. The molecule has 1 aliphatic heterocycles. The third-order valence-corrected chi connectivity index (χ3v) is 4.35. The summed E-state index contributed by atoms with van der Waals surface area (Å²) >= 11 is 0. The van der Waals surface area contributed by atoms with Gasteiger partial charge in [-0.3, -0.25) is 4.90 Å². The molecule has 1 heterocycles. The Hall–Kier alpha value is -0.300. The number of rotatable bonds is 0. The van der Waals surface area contributed by atoms with Gasteiger partial charge in [-0.25, -0.2) is 0 Å². The predicted octanol–water partition coefficient (Wildman–Crippen LogP) is 1.90. The van der Waals surface area contributed by atoms with E-state index in [1.54, 1.807) is 5.57 Å². The first kappa shape index (κ1) is 7.14. The first-order chi connectivity index (χ1) is 5.72. The largest absolute Gasteiger partial charge is 0.299 e. The Balaban J connectivity index is 1.91. The van der Waals surface area contributed by atoms with Gasteiger partial charge in [0.05, 0.1) is 0 Å². The Morgan fingerprint density at radius 3 is 2.92 bits per heavy atom. The van der Waals surface area contributed by atoms with E-state index in [4.69, 9.17) is 0 Å². The molecule has 0 aromatic carbocycles. The fourth-order valence-corrected chi connectivity index (χ4v) is 3.67. The smallest absolute Gasteiger partial charge is 0.0214 e. The van der Waals surface area contributed by atoms with Crippen molar-refractivity contribution in [2.75, 3.05) is 7.05 Å². The Morgan fingerprint density at radius 2 is 2.17 bits per heavy atom. The minimum atomic E-state index is 0.893. The molecule has 5 atom stereocenters. The summed E-state index contributed by atoms with van der Waals surface area (Å²) in [6.07, 6.45) is 2.66. The first-order valence-corrected chi connectivity index (χ1v) is 5.11. The van der Waals surface area contributed by atoms with Gasteiger partial charge in [-0.1, -0.05) is 19.1 Å². The summed E-state index contributed by atoms with van der Waals surface area (Å²) in [6.45, 7) is 6.62. The lowest BCUT2D eigenvalue weighted by atomic mass is 9.88. The molecule has 2 aliphatic carbocycles. The molecule has 5 unspecified atom stereocenters. The molecular formula is C11H17N. The van der Waals surface area contributed by atoms with Crippen LogP contribution in [0.4, 0.5) is 0 Å². The normalized spacial score (nSPS) is 57.2. The molecule has 12 heavy (non-hydrogen) atoms. The lowest BCUT2D eigenvalue weighted by molar-refractivity contribution is 0.0654. The van der Waals surface area contributed by atoms with E-state index < -0.39 is 0 Å². The monoisotopic (exact) mass is 163 g/mol. The molecule has 0 amide bonds. The quantitative estimate of drug-likeness (QED) is 0.493. The van der Waals surface area contributed by atoms with Gasteiger partial charge in [0, 0.05) is 18.0 Å². The molecule has 0 aromatic heterocycles. The maximum atomic E-state index is 4.22. The average Bonchev–Trinajstić information content (AvgIpc) is 2.69. The molecule has 0 spiro atoms. The summed E-state index contributed by atoms with van der Waals surface area (Å²) in [7, 11) is 2.29. The summed E-state index contributed by atoms with van der Waals surface area (Å²) in [4.78, 5) is 2.59. The highest BCUT2D eigenvalue weighted by Gasteiger charge is 2.69. The highest BCUT2D eigenvalue weighted by Crippen LogP contribution is 2.63. The fourth-order valence-electron chi connectivity index (χ4n) is 3.67. The molecule has 1 heteroatoms. The van der Waals surface area contributed by atoms with Gasteiger partial charge in [0.2, 0.25) is 0 Å². The number of hydrogen-bond donors (Lipinski definition) is 0. The van der Waals surface area contributed by atoms with Gasteiger partial charge < -0.3 is 0 Å². The minimum absolute atomic E-state index is 0.893. The third-order valence-electron chi connectivity index (χ3n) is 4.35. The third kappa shape index (κ3) is 0.610. The zero-order chi connectivity index (χ0) is 8.46. The van der Waals surface area contributed by atoms with Crippen molar-refractivity contribution in [3.8, 4) is 0 Å². The second kappa shape index (κ2) is 1.95. The number of fused-ring (bicyclic) bond motifs is 1. The molecule has 2 saturated carbocycles. The van der Waals surface area contributed by atoms with E-state index in [2.05, 4.69) is 25.5 Å². The molecule has 0 radical (unpaired) electrons. The zero-order valence-corrected chi connectivity index (χ0v) is 7.96. The molecule has 1 saturated heterocycles. The Bertz CT molecular complexity index is 245. The van der Waals surface area contributed by atoms with Crippen LogP contribution in [0.25, 0.3) is 0 Å². The van der Waals surface area contributed by atoms with Gasteiger partial charge in [-0.05, 0) is 31.7 Å². The van der Waals surface area contributed by atoms with Gasteiger partial charge in [0.25, 0.3) is 0 Å². The number of nitrogens with zero attached hydrogens (tertiary/aromatic N) is 1. The van der Waals surface area contributed by atoms with Crippen molar-refractivity contribution >= 4 is 0 Å². The predicted molar refractivity (Wildman–Crippen MR) is 49.9 cm³/mol. The lowest BCUT2D eigenvalue weighted by Gasteiger charge is -2.41. The van der Waals surface area contributed by atoms with Crippen LogP contribution < -0.4 is 0 Å². The molecule has 0 bridgehead atoms. The SMILES string of the molecule is C=C1CCC(C)C2C3C1C3N2C. The standard InChI is InChI=1S/C11H17N/c1-6-4-5-7(2)10-9-8(6)11(9)12(10)3/h7-11H,1,4-5H2,2-3H3. The van der Waals surface area contributed by atoms with Crippen molar-refractivity contribution in [1.29, 1.82) is 0 Å². The van der Waals surface area contributed by atoms with Crippen molar-refractivity contribution in [2.24, 2.45) is 17.8 Å². The van der Waals surface area contributed by atoms with Crippen molar-refractivity contribution in [3.05, 3.63) is 12.2 Å². The van der Waals surface area contributed by atoms with Crippen LogP contribution >= 0.6 is 0 Å². The molecule has 0 N–H and O–H groups in total. The van der Waals surface area contributed by atoms with Crippen LogP contribution in [-0.2, 0) is 0 Å². The van der Waals surface area contributed by atoms with Crippen LogP contribution in [0.5, 0.6) is 0 Å². The van der Waals surface area contributed by atoms with Crippen LogP contribution in [-0.4, -0.2) is 24.0 Å². The maximum Gasteiger partial charge on any atom is 0.0214 e. The lowest BCUT2D eigenvalue weighted by Crippen LogP contribution is -2.50. The molecule has 66 valence electrons. The number of likely N-dealkylation sites (tertiary alicyclic amines) is 1.